The molecule has 0 aliphatic heterocycles. The van der Waals surface area contributed by atoms with Gasteiger partial charge >= 0.3 is 5.96 Å². The quantitative estimate of drug-likeness (QED) is 0.0862. The number of nitrogens with zero attached hydrogens (tertiary/aromatic N) is 8. The van der Waals surface area contributed by atoms with E-state index in [1.165, 1.54) is 0 Å². The second kappa shape index (κ2) is 11.0. The van der Waals surface area contributed by atoms with Crippen LogP contribution in [0.25, 0.3) is 22.1 Å². The second-order valence-electron chi connectivity index (χ2n) is 8.95. The number of azo groups is 1. The summed E-state index contributed by atoms with van der Waals surface area (Å²) >= 11 is 0. The van der Waals surface area contributed by atoms with Gasteiger partial charge in [0.15, 0.2) is 0 Å². The first kappa shape index (κ1) is 24.6. The largest absolute Gasteiger partial charge is 0.511 e. The van der Waals surface area contributed by atoms with E-state index in [1.54, 1.807) is 0 Å². The Labute approximate surface area is 228 Å². The monoisotopic (exact) mass is 529 g/mol. The highest BCUT2D eigenvalue weighted by molar-refractivity contribution is 5.80. The highest BCUT2D eigenvalue weighted by atomic mass is 16.6. The van der Waals surface area contributed by atoms with Crippen LogP contribution in [0.5, 0.6) is 0 Å². The maximum absolute atomic E-state index is 11.9. The fourth-order valence-corrected chi connectivity index (χ4v) is 4.44. The van der Waals surface area contributed by atoms with E-state index < -0.39 is 10.9 Å². The predicted octanol–water partition coefficient (Wildman–Crippen LogP) is 6.23. The zero-order chi connectivity index (χ0) is 27.3. The minimum absolute atomic E-state index is 0.232. The molecule has 0 atom stereocenters. The van der Waals surface area contributed by atoms with Gasteiger partial charge in [-0.25, -0.2) is 9.97 Å². The summed E-state index contributed by atoms with van der Waals surface area (Å²) in [6.45, 7) is 0.973. The van der Waals surface area contributed by atoms with Crippen LogP contribution in [-0.4, -0.2) is 30.0 Å². The molecule has 0 saturated carbocycles. The van der Waals surface area contributed by atoms with Crippen molar-refractivity contribution in [2.45, 2.75) is 13.1 Å². The number of guanidine groups is 1. The number of hydrazone groups is 1. The van der Waals surface area contributed by atoms with E-state index >= 15 is 0 Å². The predicted molar refractivity (Wildman–Crippen MR) is 153 cm³/mol. The Balaban J connectivity index is 1.33. The molecule has 11 nitrogen and oxygen atoms in total. The Kier molecular flexibility index (Phi) is 6.74. The maximum atomic E-state index is 11.9. The molecule has 6 aromatic rings. The molecule has 0 unspecified atom stereocenters. The van der Waals surface area contributed by atoms with E-state index in [1.807, 2.05) is 118 Å². The SMILES string of the molecule is O=[N+]([O-])C(=N\Nc1nc2ccccc2n1Cc1ccccc1)/N=N/c1nc2ccccc2n1Cc1ccccc1. The number of rotatable bonds is 7. The normalized spacial score (nSPS) is 11.9. The van der Waals surface area contributed by atoms with Gasteiger partial charge in [0, 0.05) is 5.10 Å². The fraction of sp³-hybridized carbons (Fsp3) is 0.0690. The molecule has 2 aromatic heterocycles. The van der Waals surface area contributed by atoms with Crippen molar-refractivity contribution in [1.82, 2.24) is 19.1 Å². The molecule has 0 aliphatic carbocycles. The molecule has 0 fully saturated rings. The van der Waals surface area contributed by atoms with Gasteiger partial charge in [0.1, 0.15) is 0 Å². The molecule has 196 valence electrons. The van der Waals surface area contributed by atoms with Crippen molar-refractivity contribution in [2.75, 3.05) is 5.43 Å². The van der Waals surface area contributed by atoms with Gasteiger partial charge in [0.05, 0.1) is 40.3 Å². The molecule has 11 heteroatoms. The first-order chi connectivity index (χ1) is 19.7. The summed E-state index contributed by atoms with van der Waals surface area (Å²) in [4.78, 5) is 20.3. The molecule has 6 rings (SSSR count). The van der Waals surface area contributed by atoms with Crippen LogP contribution < -0.4 is 5.43 Å². The summed E-state index contributed by atoms with van der Waals surface area (Å²) in [6, 6.07) is 34.8. The Bertz CT molecular complexity index is 1860. The van der Waals surface area contributed by atoms with E-state index in [9.17, 15) is 10.1 Å². The summed E-state index contributed by atoms with van der Waals surface area (Å²) in [5.41, 5.74) is 7.96. The number of nitro groups is 1. The van der Waals surface area contributed by atoms with E-state index in [2.05, 4.69) is 30.7 Å². The van der Waals surface area contributed by atoms with Gasteiger partial charge in [-0.2, -0.15) is 5.43 Å². The average Bonchev–Trinajstić information content (AvgIpc) is 3.51. The minimum atomic E-state index is -0.725. The van der Waals surface area contributed by atoms with E-state index in [-0.39, 0.29) is 5.95 Å². The average molecular weight is 530 g/mol. The number of benzene rings is 4. The van der Waals surface area contributed by atoms with Gasteiger partial charge < -0.3 is 19.2 Å². The van der Waals surface area contributed by atoms with Crippen LogP contribution in [0.2, 0.25) is 0 Å². The van der Waals surface area contributed by atoms with Gasteiger partial charge in [-0.15, -0.1) is 0 Å². The van der Waals surface area contributed by atoms with Crippen molar-refractivity contribution in [2.24, 2.45) is 15.3 Å². The van der Waals surface area contributed by atoms with Crippen LogP contribution in [0.1, 0.15) is 11.1 Å². The van der Waals surface area contributed by atoms with Gasteiger partial charge in [0.2, 0.25) is 5.95 Å². The Morgan fingerprint density at radius 3 is 1.88 bits per heavy atom. The van der Waals surface area contributed by atoms with Crippen LogP contribution in [0.3, 0.4) is 0 Å². The summed E-state index contributed by atoms with van der Waals surface area (Å²) in [5, 5.41) is 23.8. The Hall–Kier alpha value is -5.71. The van der Waals surface area contributed by atoms with Crippen molar-refractivity contribution in [3.63, 3.8) is 0 Å². The molecule has 0 radical (unpaired) electrons. The number of anilines is 1. The number of imidazole rings is 2. The summed E-state index contributed by atoms with van der Waals surface area (Å²) < 4.78 is 3.76. The van der Waals surface area contributed by atoms with Gasteiger partial charge in [-0.05, 0) is 45.4 Å². The van der Waals surface area contributed by atoms with Crippen LogP contribution in [0, 0.1) is 10.1 Å². The lowest BCUT2D eigenvalue weighted by molar-refractivity contribution is -0.352. The molecule has 0 amide bonds. The lowest BCUT2D eigenvalue weighted by Crippen LogP contribution is -2.12. The van der Waals surface area contributed by atoms with Crippen LogP contribution in [0.15, 0.2) is 125 Å². The highest BCUT2D eigenvalue weighted by Gasteiger charge is 2.18. The molecule has 2 heterocycles. The summed E-state index contributed by atoms with van der Waals surface area (Å²) in [7, 11) is 0. The molecule has 4 aromatic carbocycles. The molecule has 40 heavy (non-hydrogen) atoms. The van der Waals surface area contributed by atoms with Crippen LogP contribution in [-0.2, 0) is 13.1 Å². The Morgan fingerprint density at radius 1 is 0.725 bits per heavy atom. The molecule has 1 N–H and O–H groups in total. The number of para-hydroxylation sites is 4. The van der Waals surface area contributed by atoms with Crippen molar-refractivity contribution >= 4 is 39.9 Å². The number of hydrogen-bond acceptors (Lipinski definition) is 7. The van der Waals surface area contributed by atoms with Crippen molar-refractivity contribution in [3.8, 4) is 0 Å². The van der Waals surface area contributed by atoms with Gasteiger partial charge in [-0.3, -0.25) is 0 Å². The van der Waals surface area contributed by atoms with Gasteiger partial charge in [-0.1, -0.05) is 84.9 Å². The number of hydrogen-bond donors (Lipinski definition) is 1. The molecular formula is C29H23N9O2. The molecule has 0 saturated heterocycles. The van der Waals surface area contributed by atoms with Crippen molar-refractivity contribution < 1.29 is 4.92 Å². The van der Waals surface area contributed by atoms with Crippen LogP contribution in [0.4, 0.5) is 11.9 Å². The number of nitrogens with one attached hydrogen (secondary N) is 1. The van der Waals surface area contributed by atoms with Crippen molar-refractivity contribution in [3.05, 3.63) is 130 Å². The zero-order valence-corrected chi connectivity index (χ0v) is 21.2. The third kappa shape index (κ3) is 5.16. The number of fused-ring (bicyclic) bond motifs is 2. The lowest BCUT2D eigenvalue weighted by atomic mass is 10.2. The Morgan fingerprint density at radius 2 is 1.25 bits per heavy atom. The first-order valence-corrected chi connectivity index (χ1v) is 12.5. The van der Waals surface area contributed by atoms with Gasteiger partial charge in [0.25, 0.3) is 5.95 Å². The first-order valence-electron chi connectivity index (χ1n) is 12.5. The maximum Gasteiger partial charge on any atom is 0.511 e. The standard InChI is InChI=1S/C29H23N9O2/c39-38(40)29(34-32-27-30-23-15-7-9-17-25(23)36(27)19-21-11-3-1-4-12-21)35-33-28-31-24-16-8-10-18-26(24)37(28)20-22-13-5-2-6-14-22/h1-18H,19-20H2,(H,30,32)/b34-29-,35-33+. The summed E-state index contributed by atoms with van der Waals surface area (Å²) in [5.74, 6) is -0.150. The van der Waals surface area contributed by atoms with Crippen LogP contribution >= 0.6 is 0 Å². The fourth-order valence-electron chi connectivity index (χ4n) is 4.44. The highest BCUT2D eigenvalue weighted by Crippen LogP contribution is 2.24. The molecular weight excluding hydrogens is 506 g/mol. The minimum Gasteiger partial charge on any atom is -0.390 e. The number of aromatic nitrogens is 4. The third-order valence-electron chi connectivity index (χ3n) is 6.30. The summed E-state index contributed by atoms with van der Waals surface area (Å²) in [6.07, 6.45) is 0. The second-order valence-corrected chi connectivity index (χ2v) is 8.95. The third-order valence-corrected chi connectivity index (χ3v) is 6.30. The van der Waals surface area contributed by atoms with E-state index in [4.69, 9.17) is 0 Å². The lowest BCUT2D eigenvalue weighted by Gasteiger charge is -2.07. The smallest absolute Gasteiger partial charge is 0.390 e. The van der Waals surface area contributed by atoms with E-state index in [0.717, 1.165) is 27.7 Å². The zero-order valence-electron chi connectivity index (χ0n) is 21.2. The topological polar surface area (TPSA) is 128 Å². The van der Waals surface area contributed by atoms with Crippen molar-refractivity contribution in [1.29, 1.82) is 0 Å². The van der Waals surface area contributed by atoms with E-state index in [0.29, 0.717) is 24.6 Å². The molecule has 0 bridgehead atoms. The molecule has 0 aliphatic rings. The molecule has 0 spiro atoms.